The van der Waals surface area contributed by atoms with Crippen LogP contribution in [-0.2, 0) is 0 Å². The second-order valence-corrected chi connectivity index (χ2v) is 17.4. The van der Waals surface area contributed by atoms with Crippen molar-refractivity contribution >= 4 is 89.4 Å². The van der Waals surface area contributed by atoms with Gasteiger partial charge in [0, 0.05) is 33.8 Å². The minimum Gasteiger partial charge on any atom is -0.310 e. The summed E-state index contributed by atoms with van der Waals surface area (Å²) in [7, 11) is 0. The number of hydrogen-bond donors (Lipinski definition) is 0. The molecule has 0 saturated carbocycles. The van der Waals surface area contributed by atoms with E-state index < -0.39 is 0 Å². The van der Waals surface area contributed by atoms with Gasteiger partial charge in [-0.3, -0.25) is 0 Å². The first kappa shape index (κ1) is 40.5. The topological polar surface area (TPSA) is 6.48 Å². The molecule has 320 valence electrons. The zero-order valence-corrected chi connectivity index (χ0v) is 37.5. The Bertz CT molecular complexity index is 3620. The van der Waals surface area contributed by atoms with Crippen molar-refractivity contribution in [2.75, 3.05) is 9.80 Å². The third-order valence-corrected chi connectivity index (χ3v) is 13.1. The third-order valence-electron chi connectivity index (χ3n) is 13.1. The van der Waals surface area contributed by atoms with Crippen LogP contribution in [0, 0.1) is 0 Å². The largest absolute Gasteiger partial charge is 0.310 e. The summed E-state index contributed by atoms with van der Waals surface area (Å²) in [6.45, 7) is 0. The van der Waals surface area contributed by atoms with E-state index in [0.717, 1.165) is 50.5 Å². The SMILES string of the molecule is C(=Cc1ccc2cc(N(c3ccccc3)c3ccccc3)cc(N(c3ccc(-c4ccc5ccccc5c4)cc3)c3ccc(-c4ccc5ccccc5c4)cc3)c2c1)c1ccc2ccccc2c1. The van der Waals surface area contributed by atoms with Crippen LogP contribution >= 0.6 is 0 Å². The van der Waals surface area contributed by atoms with Crippen LogP contribution in [0.1, 0.15) is 11.1 Å². The van der Waals surface area contributed by atoms with Crippen LogP contribution in [0.25, 0.3) is 77.5 Å². The van der Waals surface area contributed by atoms with Gasteiger partial charge in [0.1, 0.15) is 0 Å². The molecule has 0 aliphatic carbocycles. The lowest BCUT2D eigenvalue weighted by Gasteiger charge is -2.31. The minimum atomic E-state index is 1.06. The Kier molecular flexibility index (Phi) is 10.6. The van der Waals surface area contributed by atoms with E-state index in [9.17, 15) is 0 Å². The summed E-state index contributed by atoms with van der Waals surface area (Å²) >= 11 is 0. The van der Waals surface area contributed by atoms with Crippen LogP contribution in [0.2, 0.25) is 0 Å². The normalized spacial score (nSPS) is 11.5. The van der Waals surface area contributed by atoms with Crippen molar-refractivity contribution in [1.82, 2.24) is 0 Å². The first-order chi connectivity index (χ1) is 33.7. The van der Waals surface area contributed by atoms with Crippen molar-refractivity contribution in [1.29, 1.82) is 0 Å². The third kappa shape index (κ3) is 8.06. The molecular formula is C66H46N2. The van der Waals surface area contributed by atoms with E-state index in [-0.39, 0.29) is 0 Å². The van der Waals surface area contributed by atoms with Gasteiger partial charge in [-0.2, -0.15) is 0 Å². The lowest BCUT2D eigenvalue weighted by molar-refractivity contribution is 1.26. The molecule has 12 rings (SSSR count). The van der Waals surface area contributed by atoms with Crippen molar-refractivity contribution in [2.45, 2.75) is 0 Å². The molecule has 0 aromatic heterocycles. The zero-order chi connectivity index (χ0) is 45.2. The van der Waals surface area contributed by atoms with Crippen molar-refractivity contribution < 1.29 is 0 Å². The van der Waals surface area contributed by atoms with Gasteiger partial charge < -0.3 is 9.80 Å². The fraction of sp³-hybridized carbons (Fsp3) is 0. The molecule has 0 unspecified atom stereocenters. The molecule has 0 amide bonds. The highest BCUT2D eigenvalue weighted by Gasteiger charge is 2.21. The van der Waals surface area contributed by atoms with Crippen LogP contribution in [0.3, 0.4) is 0 Å². The van der Waals surface area contributed by atoms with Gasteiger partial charge in [0.05, 0.1) is 5.69 Å². The van der Waals surface area contributed by atoms with E-state index >= 15 is 0 Å². The maximum Gasteiger partial charge on any atom is 0.0561 e. The molecule has 2 nitrogen and oxygen atoms in total. The molecule has 0 aliphatic rings. The standard InChI is InChI=1S/C66H46N2/c1-3-19-60(20-4-1)67(61-21-5-2-6-22-61)64-45-59-28-26-48(24-23-47-25-27-49-13-7-10-16-54(49)41-47)42-65(59)66(46-64)68(62-37-33-52(34-38-62)57-31-29-50-14-8-11-17-55(50)43-57)63-39-35-53(36-40-63)58-32-30-51-15-9-12-18-56(51)44-58/h1-46H. The van der Waals surface area contributed by atoms with Crippen molar-refractivity contribution in [3.05, 3.63) is 278 Å². The summed E-state index contributed by atoms with van der Waals surface area (Å²) in [6, 6.07) is 96.9. The van der Waals surface area contributed by atoms with E-state index in [1.54, 1.807) is 0 Å². The summed E-state index contributed by atoms with van der Waals surface area (Å²) in [5, 5.41) is 9.71. The second-order valence-electron chi connectivity index (χ2n) is 17.4. The molecule has 0 bridgehead atoms. The highest BCUT2D eigenvalue weighted by Crippen LogP contribution is 2.45. The maximum atomic E-state index is 2.44. The maximum absolute atomic E-state index is 2.44. The predicted molar refractivity (Wildman–Crippen MR) is 292 cm³/mol. The summed E-state index contributed by atoms with van der Waals surface area (Å²) in [5.74, 6) is 0. The van der Waals surface area contributed by atoms with Gasteiger partial charge in [-0.25, -0.2) is 0 Å². The molecule has 0 N–H and O–H groups in total. The Morgan fingerprint density at radius 1 is 0.221 bits per heavy atom. The van der Waals surface area contributed by atoms with Gasteiger partial charge >= 0.3 is 0 Å². The summed E-state index contributed by atoms with van der Waals surface area (Å²) in [6.07, 6.45) is 4.46. The fourth-order valence-corrected chi connectivity index (χ4v) is 9.63. The molecule has 0 spiro atoms. The predicted octanol–water partition coefficient (Wildman–Crippen LogP) is 18.7. The quantitative estimate of drug-likeness (QED) is 0.126. The summed E-state index contributed by atoms with van der Waals surface area (Å²) in [5.41, 5.74) is 13.5. The molecule has 0 atom stereocenters. The van der Waals surface area contributed by atoms with Gasteiger partial charge in [-0.15, -0.1) is 0 Å². The molecule has 12 aromatic rings. The molecule has 68 heavy (non-hydrogen) atoms. The van der Waals surface area contributed by atoms with Crippen LogP contribution in [0.4, 0.5) is 34.1 Å². The van der Waals surface area contributed by atoms with Crippen molar-refractivity contribution in [3.8, 4) is 22.3 Å². The number of nitrogens with zero attached hydrogens (tertiary/aromatic N) is 2. The van der Waals surface area contributed by atoms with Crippen LogP contribution in [-0.4, -0.2) is 0 Å². The highest BCUT2D eigenvalue weighted by atomic mass is 15.2. The number of rotatable bonds is 10. The average molecular weight is 867 g/mol. The van der Waals surface area contributed by atoms with E-state index in [4.69, 9.17) is 0 Å². The molecule has 0 heterocycles. The van der Waals surface area contributed by atoms with Crippen molar-refractivity contribution in [2.24, 2.45) is 0 Å². The number of benzene rings is 12. The van der Waals surface area contributed by atoms with Crippen LogP contribution < -0.4 is 9.80 Å². The molecular weight excluding hydrogens is 821 g/mol. The number of para-hydroxylation sites is 2. The first-order valence-corrected chi connectivity index (χ1v) is 23.3. The molecule has 0 aliphatic heterocycles. The Balaban J connectivity index is 1.05. The van der Waals surface area contributed by atoms with Gasteiger partial charge in [-0.1, -0.05) is 194 Å². The molecule has 0 saturated heterocycles. The minimum absolute atomic E-state index is 1.06. The van der Waals surface area contributed by atoms with Gasteiger partial charge in [0.15, 0.2) is 0 Å². The van der Waals surface area contributed by atoms with E-state index in [1.165, 1.54) is 60.1 Å². The molecule has 2 heteroatoms. The number of anilines is 6. The van der Waals surface area contributed by atoms with Gasteiger partial charge in [0.2, 0.25) is 0 Å². The summed E-state index contributed by atoms with van der Waals surface area (Å²) < 4.78 is 0. The Labute approximate surface area is 397 Å². The van der Waals surface area contributed by atoms with E-state index in [0.29, 0.717) is 0 Å². The van der Waals surface area contributed by atoms with E-state index in [2.05, 4.69) is 289 Å². The van der Waals surface area contributed by atoms with Crippen LogP contribution in [0.15, 0.2) is 267 Å². The van der Waals surface area contributed by atoms with E-state index in [1.807, 2.05) is 0 Å². The van der Waals surface area contributed by atoms with Gasteiger partial charge in [-0.05, 0) is 156 Å². The lowest BCUT2D eigenvalue weighted by Crippen LogP contribution is -2.14. The highest BCUT2D eigenvalue weighted by molar-refractivity contribution is 6.04. The first-order valence-electron chi connectivity index (χ1n) is 23.3. The Morgan fingerprint density at radius 3 is 1.10 bits per heavy atom. The van der Waals surface area contributed by atoms with Crippen LogP contribution in [0.5, 0.6) is 0 Å². The molecule has 12 aromatic carbocycles. The number of hydrogen-bond acceptors (Lipinski definition) is 2. The average Bonchev–Trinajstić information content (AvgIpc) is 3.41. The van der Waals surface area contributed by atoms with Crippen molar-refractivity contribution in [3.63, 3.8) is 0 Å². The Morgan fingerprint density at radius 2 is 0.603 bits per heavy atom. The molecule has 0 fully saturated rings. The summed E-state index contributed by atoms with van der Waals surface area (Å²) in [4.78, 5) is 4.80. The molecule has 0 radical (unpaired) electrons. The Hall–Kier alpha value is -8.98. The monoisotopic (exact) mass is 866 g/mol. The number of fused-ring (bicyclic) bond motifs is 4. The second kappa shape index (κ2) is 17.8. The zero-order valence-electron chi connectivity index (χ0n) is 37.5. The fourth-order valence-electron chi connectivity index (χ4n) is 9.63. The lowest BCUT2D eigenvalue weighted by atomic mass is 9.98. The van der Waals surface area contributed by atoms with Gasteiger partial charge in [0.25, 0.3) is 0 Å². The smallest absolute Gasteiger partial charge is 0.0561 e.